The molecule has 1 atom stereocenters. The Hall–Kier alpha value is -3.56. The van der Waals surface area contributed by atoms with Crippen LogP contribution in [0.25, 0.3) is 11.3 Å². The van der Waals surface area contributed by atoms with E-state index in [1.165, 1.54) is 34.8 Å². The van der Waals surface area contributed by atoms with Crippen LogP contribution in [-0.2, 0) is 40.8 Å². The lowest BCUT2D eigenvalue weighted by Crippen LogP contribution is -2.48. The van der Waals surface area contributed by atoms with Gasteiger partial charge in [0.25, 0.3) is 5.91 Å². The van der Waals surface area contributed by atoms with E-state index in [0.29, 0.717) is 60.0 Å². The minimum absolute atomic E-state index is 0.00206. The van der Waals surface area contributed by atoms with Crippen molar-refractivity contribution in [2.45, 2.75) is 77.4 Å². The average Bonchev–Trinajstić information content (AvgIpc) is 3.37. The number of carbonyl (C=O) groups is 2. The summed E-state index contributed by atoms with van der Waals surface area (Å²) in [5.74, 6) is -0.823. The van der Waals surface area contributed by atoms with Gasteiger partial charge in [0.2, 0.25) is 10.0 Å². The van der Waals surface area contributed by atoms with Crippen LogP contribution >= 0.6 is 11.6 Å². The van der Waals surface area contributed by atoms with Gasteiger partial charge in [-0.05, 0) is 75.6 Å². The van der Waals surface area contributed by atoms with Crippen molar-refractivity contribution in [1.29, 1.82) is 0 Å². The van der Waals surface area contributed by atoms with Gasteiger partial charge in [-0.3, -0.25) is 9.48 Å². The molecule has 5 rings (SSSR count). The molecule has 3 aromatic rings. The zero-order chi connectivity index (χ0) is 35.5. The van der Waals surface area contributed by atoms with Gasteiger partial charge in [0.1, 0.15) is 11.4 Å². The second kappa shape index (κ2) is 15.1. The Bertz CT molecular complexity index is 1770. The number of hydrogen-bond acceptors (Lipinski definition) is 8. The molecule has 1 fully saturated rings. The summed E-state index contributed by atoms with van der Waals surface area (Å²) in [5.41, 5.74) is 3.24. The summed E-state index contributed by atoms with van der Waals surface area (Å²) in [5, 5.41) is 22.3. The van der Waals surface area contributed by atoms with Crippen LogP contribution in [0.1, 0.15) is 60.8 Å². The van der Waals surface area contributed by atoms with Crippen molar-refractivity contribution < 1.29 is 32.2 Å². The number of amides is 2. The lowest BCUT2D eigenvalue weighted by atomic mass is 10.0. The first-order valence-corrected chi connectivity index (χ1v) is 18.5. The molecule has 1 unspecified atom stereocenters. The Labute approximate surface area is 291 Å². The van der Waals surface area contributed by atoms with E-state index in [9.17, 15) is 27.5 Å². The van der Waals surface area contributed by atoms with E-state index < -0.39 is 33.6 Å². The Balaban J connectivity index is 1.29. The number of piperidine rings is 1. The number of aromatic nitrogens is 2. The van der Waals surface area contributed by atoms with Gasteiger partial charge in [0, 0.05) is 79.1 Å². The highest BCUT2D eigenvalue weighted by Gasteiger charge is 2.31. The monoisotopic (exact) mass is 718 g/mol. The lowest BCUT2D eigenvalue weighted by molar-refractivity contribution is 0.0449. The zero-order valence-electron chi connectivity index (χ0n) is 28.2. The van der Waals surface area contributed by atoms with Crippen LogP contribution in [0.4, 0.5) is 9.18 Å². The molecule has 2 amide bonds. The summed E-state index contributed by atoms with van der Waals surface area (Å²) >= 11 is 6.51. The van der Waals surface area contributed by atoms with Crippen LogP contribution in [0.5, 0.6) is 0 Å². The molecule has 1 aromatic heterocycles. The van der Waals surface area contributed by atoms with Crippen LogP contribution in [0.3, 0.4) is 0 Å². The number of benzene rings is 2. The van der Waals surface area contributed by atoms with E-state index in [2.05, 4.69) is 15.5 Å². The molecular formula is C34H44ClFN6O6S. The number of β-amino-alcohol motifs (C(OH)–C–C–N with tert-alkyl or cyclic N) is 1. The second-order valence-corrected chi connectivity index (χ2v) is 16.1. The molecule has 2 aliphatic rings. The standard InChI is InChI=1S/C34H44ClFN6O6S/c1-34(2,3)48-33(45)38-26-11-14-40(15-12-26)19-27(43)20-42-30-13-16-41(49(4,46)47)21-28(30)31(39-42)23-7-10-29(35)24(17-23)18-37-32(44)22-5-8-25(36)9-6-22/h5-10,17,26-27,43H,11-16,18-21H2,1-4H3,(H,37,44)(H,38,45). The highest BCUT2D eigenvalue weighted by atomic mass is 35.5. The molecule has 0 bridgehead atoms. The van der Waals surface area contributed by atoms with Crippen molar-refractivity contribution in [3.63, 3.8) is 0 Å². The van der Waals surface area contributed by atoms with Gasteiger partial charge >= 0.3 is 6.09 Å². The molecule has 12 nitrogen and oxygen atoms in total. The molecule has 15 heteroatoms. The van der Waals surface area contributed by atoms with E-state index in [-0.39, 0.29) is 31.6 Å². The van der Waals surface area contributed by atoms with Crippen molar-refractivity contribution >= 4 is 33.6 Å². The van der Waals surface area contributed by atoms with Crippen molar-refractivity contribution in [2.24, 2.45) is 0 Å². The highest BCUT2D eigenvalue weighted by molar-refractivity contribution is 7.88. The summed E-state index contributed by atoms with van der Waals surface area (Å²) in [6.45, 7) is 8.04. The topological polar surface area (TPSA) is 146 Å². The fraction of sp³-hybridized carbons (Fsp3) is 0.500. The number of sulfonamides is 1. The molecule has 49 heavy (non-hydrogen) atoms. The molecule has 0 aliphatic carbocycles. The molecule has 0 saturated carbocycles. The third-order valence-electron chi connectivity index (χ3n) is 8.59. The van der Waals surface area contributed by atoms with Gasteiger partial charge in [-0.25, -0.2) is 17.6 Å². The first kappa shape index (κ1) is 36.7. The average molecular weight is 719 g/mol. The normalized spacial score (nSPS) is 17.0. The highest BCUT2D eigenvalue weighted by Crippen LogP contribution is 2.33. The maximum absolute atomic E-state index is 13.3. The van der Waals surface area contributed by atoms with Gasteiger partial charge in [-0.2, -0.15) is 9.40 Å². The largest absolute Gasteiger partial charge is 0.444 e. The minimum Gasteiger partial charge on any atom is -0.444 e. The molecule has 2 aliphatic heterocycles. The third-order valence-corrected chi connectivity index (χ3v) is 10.2. The Morgan fingerprint density at radius 1 is 1.10 bits per heavy atom. The summed E-state index contributed by atoms with van der Waals surface area (Å²) in [4.78, 5) is 27.0. The lowest BCUT2D eigenvalue weighted by Gasteiger charge is -2.34. The maximum atomic E-state index is 13.3. The number of rotatable bonds is 10. The van der Waals surface area contributed by atoms with Crippen LogP contribution < -0.4 is 10.6 Å². The number of carbonyl (C=O) groups excluding carboxylic acids is 2. The molecule has 266 valence electrons. The number of fused-ring (bicyclic) bond motifs is 1. The number of alkyl carbamates (subject to hydrolysis) is 1. The van der Waals surface area contributed by atoms with E-state index in [4.69, 9.17) is 21.4 Å². The number of aliphatic hydroxyl groups is 1. The molecule has 0 spiro atoms. The molecular weight excluding hydrogens is 675 g/mol. The number of nitrogens with one attached hydrogen (secondary N) is 2. The summed E-state index contributed by atoms with van der Waals surface area (Å²) in [6.07, 6.45) is 1.90. The Morgan fingerprint density at radius 2 is 1.80 bits per heavy atom. The number of nitrogens with zero attached hydrogens (tertiary/aromatic N) is 4. The van der Waals surface area contributed by atoms with E-state index >= 15 is 0 Å². The van der Waals surface area contributed by atoms with Gasteiger partial charge in [-0.1, -0.05) is 17.7 Å². The smallest absolute Gasteiger partial charge is 0.407 e. The van der Waals surface area contributed by atoms with Gasteiger partial charge in [0.15, 0.2) is 0 Å². The molecule has 0 radical (unpaired) electrons. The predicted molar refractivity (Wildman–Crippen MR) is 184 cm³/mol. The second-order valence-electron chi connectivity index (χ2n) is 13.7. The van der Waals surface area contributed by atoms with Crippen molar-refractivity contribution in [3.05, 3.63) is 75.7 Å². The van der Waals surface area contributed by atoms with E-state index in [1.54, 1.807) is 16.8 Å². The number of ether oxygens (including phenoxy) is 1. The Morgan fingerprint density at radius 3 is 2.45 bits per heavy atom. The van der Waals surface area contributed by atoms with Crippen molar-refractivity contribution in [3.8, 4) is 11.3 Å². The van der Waals surface area contributed by atoms with E-state index in [1.807, 2.05) is 26.8 Å². The summed E-state index contributed by atoms with van der Waals surface area (Å²) in [6, 6.07) is 10.5. The van der Waals surface area contributed by atoms with Crippen LogP contribution in [0.2, 0.25) is 5.02 Å². The van der Waals surface area contributed by atoms with Crippen LogP contribution in [0.15, 0.2) is 42.5 Å². The van der Waals surface area contributed by atoms with Gasteiger partial charge < -0.3 is 25.4 Å². The molecule has 3 heterocycles. The fourth-order valence-corrected chi connectivity index (χ4v) is 7.13. The summed E-state index contributed by atoms with van der Waals surface area (Å²) in [7, 11) is -3.47. The number of halogens is 2. The van der Waals surface area contributed by atoms with Crippen LogP contribution in [0, 0.1) is 5.82 Å². The minimum atomic E-state index is -3.47. The first-order chi connectivity index (χ1) is 23.1. The molecule has 2 aromatic carbocycles. The Kier molecular flexibility index (Phi) is 11.3. The molecule has 1 saturated heterocycles. The zero-order valence-corrected chi connectivity index (χ0v) is 29.8. The first-order valence-electron chi connectivity index (χ1n) is 16.3. The summed E-state index contributed by atoms with van der Waals surface area (Å²) < 4.78 is 46.9. The fourth-order valence-electron chi connectivity index (χ4n) is 6.16. The predicted octanol–water partition coefficient (Wildman–Crippen LogP) is 3.94. The van der Waals surface area contributed by atoms with Gasteiger partial charge in [-0.15, -0.1) is 0 Å². The number of hydrogen-bond donors (Lipinski definition) is 3. The molecule has 3 N–H and O–H groups in total. The van der Waals surface area contributed by atoms with Gasteiger partial charge in [0.05, 0.1) is 24.6 Å². The van der Waals surface area contributed by atoms with Crippen molar-refractivity contribution in [2.75, 3.05) is 32.4 Å². The maximum Gasteiger partial charge on any atom is 0.407 e. The quantitative estimate of drug-likeness (QED) is 0.286. The number of aliphatic hydroxyl groups excluding tert-OH is 1. The third kappa shape index (κ3) is 9.79. The number of likely N-dealkylation sites (tertiary alicyclic amines) is 1. The van der Waals surface area contributed by atoms with Crippen LogP contribution in [-0.4, -0.2) is 94.7 Å². The van der Waals surface area contributed by atoms with E-state index in [0.717, 1.165) is 24.1 Å². The SMILES string of the molecule is CC(C)(C)OC(=O)NC1CCN(CC(O)Cn2nc(-c3ccc(Cl)c(CNC(=O)c4ccc(F)cc4)c3)c3c2CCN(S(C)(=O)=O)C3)CC1. The van der Waals surface area contributed by atoms with Crippen molar-refractivity contribution in [1.82, 2.24) is 29.6 Å².